The Labute approximate surface area is 834 Å². The van der Waals surface area contributed by atoms with Gasteiger partial charge in [0.15, 0.2) is 0 Å². The Kier molecular flexibility index (Phi) is 19.8. The highest BCUT2D eigenvalue weighted by atomic mass is 14.4. The molecule has 3 aliphatic rings. The summed E-state index contributed by atoms with van der Waals surface area (Å²) in [5.41, 5.74) is 39.3. The molecule has 143 heavy (non-hydrogen) atoms. The smallest absolute Gasteiger partial charge is 0.0158 e. The lowest BCUT2D eigenvalue weighted by Gasteiger charge is -2.21. The predicted molar refractivity (Wildman–Crippen MR) is 614 cm³/mol. The number of hydrogen-bond donors (Lipinski definition) is 0. The molecule has 0 heterocycles. The van der Waals surface area contributed by atoms with Gasteiger partial charge < -0.3 is 0 Å². The molecule has 0 bridgehead atoms. The minimum Gasteiger partial charge on any atom is -0.0622 e. The van der Waals surface area contributed by atoms with Crippen molar-refractivity contribution < 1.29 is 0 Å². The van der Waals surface area contributed by atoms with Crippen LogP contribution in [0.5, 0.6) is 0 Å². The van der Waals surface area contributed by atoms with Gasteiger partial charge in [0.05, 0.1) is 0 Å². The van der Waals surface area contributed by atoms with Gasteiger partial charge in [0.25, 0.3) is 0 Å². The van der Waals surface area contributed by atoms with E-state index in [1.807, 2.05) is 0 Å². The van der Waals surface area contributed by atoms with E-state index in [4.69, 9.17) is 0 Å². The standard InChI is InChI=1S/2C49H34.C45H32/c1-49(2)45-22-12-11-17-38(45)43-29-33(25-26-46(43)49)36-28-34-15-5-6-16-37(34)44(30-36)48-41-20-9-7-18-39(41)47(40-19-8-10-21-42(40)48)35-24-23-31-13-3-4-14-32(31)27-35;1-49(2)45-22-12-11-17-38(45)44-29-34(25-26-46(44)49)43-30-36(28-33-15-5-6-16-37(33)43)48-41-20-9-7-18-39(41)47(40-19-8-10-21-42(40)48)35-24-23-31-13-3-4-14-32(31)27-35;1-45(2)41-23-13-12-18-34(41)40-27-31(24-25-42(40)45)39-28-32(26-30-16-6-7-17-33(30)39)44-37-21-10-8-19-35(37)43(29-14-4-3-5-15-29)36-20-9-11-22-38(36)44/h2*3-30H,1-2H3;3-28H,1-2H3. The van der Waals surface area contributed by atoms with Crippen LogP contribution >= 0.6 is 0 Å². The van der Waals surface area contributed by atoms with Gasteiger partial charge in [0.2, 0.25) is 0 Å². The van der Waals surface area contributed by atoms with Gasteiger partial charge >= 0.3 is 0 Å². The van der Waals surface area contributed by atoms with Crippen molar-refractivity contribution in [2.75, 3.05) is 0 Å². The van der Waals surface area contributed by atoms with Crippen molar-refractivity contribution in [3.8, 4) is 134 Å². The Morgan fingerprint density at radius 1 is 0.105 bits per heavy atom. The summed E-state index contributed by atoms with van der Waals surface area (Å²) in [7, 11) is 0. The molecule has 0 aromatic heterocycles. The molecule has 26 aromatic carbocycles. The van der Waals surface area contributed by atoms with Crippen LogP contribution in [0.2, 0.25) is 0 Å². The second-order valence-corrected chi connectivity index (χ2v) is 41.0. The minimum atomic E-state index is -0.0149. The van der Waals surface area contributed by atoms with E-state index < -0.39 is 0 Å². The third-order valence-electron chi connectivity index (χ3n) is 32.1. The highest BCUT2D eigenvalue weighted by molar-refractivity contribution is 6.27. The molecule has 3 aliphatic carbocycles. The maximum Gasteiger partial charge on any atom is 0.0158 e. The van der Waals surface area contributed by atoms with Gasteiger partial charge in [-0.2, -0.15) is 0 Å². The van der Waals surface area contributed by atoms with E-state index in [9.17, 15) is 0 Å². The van der Waals surface area contributed by atoms with Crippen molar-refractivity contribution in [2.24, 2.45) is 0 Å². The Morgan fingerprint density at radius 3 is 0.671 bits per heavy atom. The first kappa shape index (κ1) is 84.8. The summed E-state index contributed by atoms with van der Waals surface area (Å²) in [6.45, 7) is 14.1. The molecule has 26 aromatic rings. The Hall–Kier alpha value is -17.4. The molecule has 0 saturated heterocycles. The van der Waals surface area contributed by atoms with Gasteiger partial charge in [0.1, 0.15) is 0 Å². The number of benzene rings is 26. The third-order valence-corrected chi connectivity index (χ3v) is 32.1. The predicted octanol–water partition coefficient (Wildman–Crippen LogP) is 39.7. The zero-order valence-corrected chi connectivity index (χ0v) is 80.8. The molecule has 0 N–H and O–H groups in total. The largest absolute Gasteiger partial charge is 0.0622 e. The summed E-state index contributed by atoms with van der Waals surface area (Å²) in [4.78, 5) is 0. The fraction of sp³-hybridized carbons (Fsp3) is 0.0629. The first-order chi connectivity index (χ1) is 70.2. The van der Waals surface area contributed by atoms with Crippen LogP contribution in [-0.2, 0) is 16.2 Å². The summed E-state index contributed by atoms with van der Waals surface area (Å²) >= 11 is 0. The minimum absolute atomic E-state index is 0.00724. The maximum atomic E-state index is 2.44. The van der Waals surface area contributed by atoms with Crippen molar-refractivity contribution in [1.82, 2.24) is 0 Å². The summed E-state index contributed by atoms with van der Waals surface area (Å²) < 4.78 is 0. The first-order valence-electron chi connectivity index (χ1n) is 50.4. The van der Waals surface area contributed by atoms with Crippen molar-refractivity contribution in [3.05, 3.63) is 531 Å². The molecule has 672 valence electrons. The second-order valence-electron chi connectivity index (χ2n) is 41.0. The molecule has 0 radical (unpaired) electrons. The lowest BCUT2D eigenvalue weighted by Crippen LogP contribution is -2.14. The van der Waals surface area contributed by atoms with Crippen molar-refractivity contribution in [1.29, 1.82) is 0 Å². The van der Waals surface area contributed by atoms with Crippen molar-refractivity contribution >= 4 is 118 Å². The molecule has 0 aliphatic heterocycles. The molecule has 0 fully saturated rings. The maximum absolute atomic E-state index is 2.44. The number of fused-ring (bicyclic) bond motifs is 20. The van der Waals surface area contributed by atoms with Crippen LogP contribution in [0.4, 0.5) is 0 Å². The van der Waals surface area contributed by atoms with Gasteiger partial charge in [-0.15, -0.1) is 0 Å². The van der Waals surface area contributed by atoms with Gasteiger partial charge in [-0.25, -0.2) is 0 Å². The fourth-order valence-electron chi connectivity index (χ4n) is 25.3. The first-order valence-corrected chi connectivity index (χ1v) is 50.4. The average molecular weight is 1820 g/mol. The van der Waals surface area contributed by atoms with Gasteiger partial charge in [-0.05, 0) is 352 Å². The van der Waals surface area contributed by atoms with E-state index in [1.165, 1.54) is 285 Å². The molecule has 0 unspecified atom stereocenters. The summed E-state index contributed by atoms with van der Waals surface area (Å²) in [6.07, 6.45) is 0. The van der Waals surface area contributed by atoms with Crippen LogP contribution < -0.4 is 0 Å². The van der Waals surface area contributed by atoms with Gasteiger partial charge in [0, 0.05) is 16.2 Å². The summed E-state index contributed by atoms with van der Waals surface area (Å²) in [6, 6.07) is 185. The molecule has 0 spiro atoms. The lowest BCUT2D eigenvalue weighted by atomic mass is 9.82. The molecular formula is C143H100. The lowest BCUT2D eigenvalue weighted by molar-refractivity contribution is 0.660. The number of hydrogen-bond acceptors (Lipinski definition) is 0. The van der Waals surface area contributed by atoms with Crippen LogP contribution in [0, 0.1) is 0 Å². The fourth-order valence-corrected chi connectivity index (χ4v) is 25.3. The Morgan fingerprint density at radius 2 is 0.322 bits per heavy atom. The molecule has 0 heteroatoms. The normalized spacial score (nSPS) is 13.3. The SMILES string of the molecule is CC1(C)c2ccccc2-c2cc(-c3cc(-c4c5ccccc5c(-c5ccc6ccccc6c5)c5ccccc45)c4ccccc4c3)ccc21.CC1(C)c2ccccc2-c2cc(-c3cc(-c4c5ccccc5c(-c5ccc6ccccc6c5)c5ccccc45)cc4ccccc34)ccc21.CC1(C)c2ccccc2-c2cc(-c3cc(-c4c5ccccc5c(-c5ccccc5)c5ccccc45)cc4ccccc34)ccc21. The molecule has 29 rings (SSSR count). The summed E-state index contributed by atoms with van der Waals surface area (Å²) in [5.74, 6) is 0. The molecule has 0 saturated carbocycles. The van der Waals surface area contributed by atoms with Crippen LogP contribution in [-0.4, -0.2) is 0 Å². The average Bonchev–Trinajstić information content (AvgIpc) is 0.850. The van der Waals surface area contributed by atoms with Crippen LogP contribution in [0.15, 0.2) is 497 Å². The van der Waals surface area contributed by atoms with Gasteiger partial charge in [-0.1, -0.05) is 472 Å². The molecule has 0 amide bonds. The van der Waals surface area contributed by atoms with E-state index in [1.54, 1.807) is 0 Å². The van der Waals surface area contributed by atoms with Gasteiger partial charge in [-0.3, -0.25) is 0 Å². The highest BCUT2D eigenvalue weighted by Crippen LogP contribution is 2.57. The van der Waals surface area contributed by atoms with E-state index in [0.29, 0.717) is 0 Å². The van der Waals surface area contributed by atoms with E-state index in [-0.39, 0.29) is 16.2 Å². The monoisotopic (exact) mass is 1820 g/mol. The van der Waals surface area contributed by atoms with E-state index >= 15 is 0 Å². The highest BCUT2D eigenvalue weighted by Gasteiger charge is 2.39. The zero-order valence-electron chi connectivity index (χ0n) is 80.8. The van der Waals surface area contributed by atoms with Crippen LogP contribution in [0.3, 0.4) is 0 Å². The van der Waals surface area contributed by atoms with Crippen LogP contribution in [0.25, 0.3) is 252 Å². The van der Waals surface area contributed by atoms with E-state index in [0.717, 1.165) is 0 Å². The number of rotatable bonds is 9. The topological polar surface area (TPSA) is 0 Å². The third kappa shape index (κ3) is 13.7. The molecule has 0 atom stereocenters. The Bertz CT molecular complexity index is 9640. The van der Waals surface area contributed by atoms with Crippen molar-refractivity contribution in [3.63, 3.8) is 0 Å². The van der Waals surface area contributed by atoms with Crippen LogP contribution in [0.1, 0.15) is 74.9 Å². The Balaban J connectivity index is 0.000000107. The molecule has 0 nitrogen and oxygen atoms in total. The zero-order chi connectivity index (χ0) is 95.5. The molecular weight excluding hydrogens is 1720 g/mol. The quantitative estimate of drug-likeness (QED) is 0.126. The van der Waals surface area contributed by atoms with Crippen molar-refractivity contribution in [2.45, 2.75) is 57.8 Å². The second kappa shape index (κ2) is 33.4. The summed E-state index contributed by atoms with van der Waals surface area (Å²) in [5, 5.41) is 28.0. The van der Waals surface area contributed by atoms with E-state index in [2.05, 4.69) is 539 Å².